The quantitative estimate of drug-likeness (QED) is 0.127. The van der Waals surface area contributed by atoms with Gasteiger partial charge in [-0.05, 0) is 162 Å². The van der Waals surface area contributed by atoms with Gasteiger partial charge in [-0.2, -0.15) is 0 Å². The Hall–Kier alpha value is -9.04. The van der Waals surface area contributed by atoms with Gasteiger partial charge in [0.1, 0.15) is 11.2 Å². The molecule has 2 aliphatic carbocycles. The molecule has 13 aromatic carbocycles. The number of para-hydroxylation sites is 1. The molecule has 1 nitrogen and oxygen atoms in total. The Labute approximate surface area is 404 Å². The molecule has 0 unspecified atom stereocenters. The molecule has 2 aliphatic rings. The van der Waals surface area contributed by atoms with E-state index in [1.807, 2.05) is 6.07 Å². The summed E-state index contributed by atoms with van der Waals surface area (Å²) in [6.07, 6.45) is 0. The Balaban J connectivity index is 0.985. The minimum absolute atomic E-state index is 0.550. The maximum Gasteiger partial charge on any atom is 0.135 e. The SMILES string of the molecule is c1cc(-c2cc3c(c4ccccc24)-c2c(c4ccccc4c4ccccc24)C32c3ccccc3-c3ccccc32)cc(-c2c3ccccc3c(-c3ccc4oc5ccccc5c4c3)c3ccccc23)c1. The van der Waals surface area contributed by atoms with Gasteiger partial charge in [-0.15, -0.1) is 0 Å². The van der Waals surface area contributed by atoms with E-state index in [9.17, 15) is 0 Å². The highest BCUT2D eigenvalue weighted by molar-refractivity contribution is 6.25. The van der Waals surface area contributed by atoms with Crippen molar-refractivity contribution in [1.29, 1.82) is 0 Å². The van der Waals surface area contributed by atoms with Crippen molar-refractivity contribution in [3.8, 4) is 55.6 Å². The molecule has 1 heteroatoms. The van der Waals surface area contributed by atoms with Gasteiger partial charge in [0.2, 0.25) is 0 Å². The summed E-state index contributed by atoms with van der Waals surface area (Å²) < 4.78 is 6.30. The summed E-state index contributed by atoms with van der Waals surface area (Å²) >= 11 is 0. The van der Waals surface area contributed by atoms with E-state index in [1.165, 1.54) is 132 Å². The van der Waals surface area contributed by atoms with Gasteiger partial charge in [0.25, 0.3) is 0 Å². The predicted molar refractivity (Wildman–Crippen MR) is 294 cm³/mol. The van der Waals surface area contributed by atoms with E-state index < -0.39 is 5.41 Å². The fourth-order valence-electron chi connectivity index (χ4n) is 13.4. The normalized spacial score (nSPS) is 13.3. The van der Waals surface area contributed by atoms with Crippen LogP contribution in [0.1, 0.15) is 22.3 Å². The summed E-state index contributed by atoms with van der Waals surface area (Å²) in [4.78, 5) is 0. The van der Waals surface area contributed by atoms with Crippen LogP contribution in [0.25, 0.3) is 131 Å². The predicted octanol–water partition coefficient (Wildman–Crippen LogP) is 18.7. The first-order valence-electron chi connectivity index (χ1n) is 24.4. The molecular formula is C69H40O. The summed E-state index contributed by atoms with van der Waals surface area (Å²) in [5.74, 6) is 0. The second-order valence-corrected chi connectivity index (χ2v) is 19.3. The fourth-order valence-corrected chi connectivity index (χ4v) is 13.4. The summed E-state index contributed by atoms with van der Waals surface area (Å²) in [6, 6.07) is 90.8. The third kappa shape index (κ3) is 4.86. The molecule has 0 aliphatic heterocycles. The molecule has 0 saturated carbocycles. The van der Waals surface area contributed by atoms with Crippen LogP contribution in [-0.4, -0.2) is 0 Å². The molecule has 0 bridgehead atoms. The van der Waals surface area contributed by atoms with Crippen LogP contribution in [0, 0.1) is 0 Å². The van der Waals surface area contributed by atoms with E-state index in [0.717, 1.165) is 21.9 Å². The first-order valence-corrected chi connectivity index (χ1v) is 24.4. The lowest BCUT2D eigenvalue weighted by atomic mass is 9.68. The molecule has 70 heavy (non-hydrogen) atoms. The lowest BCUT2D eigenvalue weighted by Gasteiger charge is -2.32. The zero-order valence-corrected chi connectivity index (χ0v) is 38.0. The van der Waals surface area contributed by atoms with Crippen molar-refractivity contribution in [3.05, 3.63) is 265 Å². The molecule has 16 rings (SSSR count). The second-order valence-electron chi connectivity index (χ2n) is 19.3. The molecule has 1 aromatic heterocycles. The van der Waals surface area contributed by atoms with E-state index in [1.54, 1.807) is 0 Å². The molecule has 0 radical (unpaired) electrons. The lowest BCUT2D eigenvalue weighted by Crippen LogP contribution is -2.26. The number of rotatable bonds is 3. The topological polar surface area (TPSA) is 13.1 Å². The van der Waals surface area contributed by atoms with E-state index in [0.29, 0.717) is 0 Å². The number of furan rings is 1. The Morgan fingerprint density at radius 2 is 0.671 bits per heavy atom. The van der Waals surface area contributed by atoms with Crippen molar-refractivity contribution in [3.63, 3.8) is 0 Å². The Morgan fingerprint density at radius 1 is 0.229 bits per heavy atom. The van der Waals surface area contributed by atoms with Crippen LogP contribution in [0.15, 0.2) is 247 Å². The first-order chi connectivity index (χ1) is 34.8. The largest absolute Gasteiger partial charge is 0.456 e. The van der Waals surface area contributed by atoms with Crippen LogP contribution < -0.4 is 0 Å². The van der Waals surface area contributed by atoms with Crippen molar-refractivity contribution in [1.82, 2.24) is 0 Å². The first kappa shape index (κ1) is 38.0. The lowest BCUT2D eigenvalue weighted by molar-refractivity contribution is 0.669. The minimum Gasteiger partial charge on any atom is -0.456 e. The van der Waals surface area contributed by atoms with Gasteiger partial charge in [0, 0.05) is 10.8 Å². The van der Waals surface area contributed by atoms with Gasteiger partial charge in [-0.3, -0.25) is 0 Å². The number of fused-ring (bicyclic) bond motifs is 22. The van der Waals surface area contributed by atoms with Crippen molar-refractivity contribution in [2.24, 2.45) is 0 Å². The Bertz CT molecular complexity index is 4500. The van der Waals surface area contributed by atoms with Gasteiger partial charge in [-0.25, -0.2) is 0 Å². The molecular weight excluding hydrogens is 845 g/mol. The fraction of sp³-hybridized carbons (Fsp3) is 0.0145. The molecule has 0 atom stereocenters. The zero-order valence-electron chi connectivity index (χ0n) is 38.0. The highest BCUT2D eigenvalue weighted by Crippen LogP contribution is 2.67. The van der Waals surface area contributed by atoms with Gasteiger partial charge in [-0.1, -0.05) is 212 Å². The summed E-state index contributed by atoms with van der Waals surface area (Å²) in [6.45, 7) is 0. The van der Waals surface area contributed by atoms with E-state index in [2.05, 4.69) is 237 Å². The molecule has 322 valence electrons. The smallest absolute Gasteiger partial charge is 0.135 e. The van der Waals surface area contributed by atoms with E-state index >= 15 is 0 Å². The molecule has 0 saturated heterocycles. The van der Waals surface area contributed by atoms with Gasteiger partial charge in [0.05, 0.1) is 5.41 Å². The molecule has 0 N–H and O–H groups in total. The van der Waals surface area contributed by atoms with Crippen LogP contribution in [0.2, 0.25) is 0 Å². The van der Waals surface area contributed by atoms with Crippen LogP contribution in [-0.2, 0) is 5.41 Å². The van der Waals surface area contributed by atoms with Crippen molar-refractivity contribution < 1.29 is 4.42 Å². The van der Waals surface area contributed by atoms with Crippen LogP contribution in [0.5, 0.6) is 0 Å². The standard InChI is InChI=1S/C69H40O/c1-5-27-51-44(20-1)45-21-3-10-32-56(45)68-67(51)66-50-26-4-2-22-46(50)57(40-61(66)69(68)59-33-14-11-23-47(59)48-24-12-15-34-60(48)69)41-18-17-19-42(38-41)64-52-28-6-8-30-54(52)65(55-31-9-7-29-53(55)64)43-36-37-63-58(39-43)49-25-13-16-35-62(49)70-63/h1-40H. The number of hydrogen-bond donors (Lipinski definition) is 0. The third-order valence-electron chi connectivity index (χ3n) is 16.0. The average molecular weight is 885 g/mol. The van der Waals surface area contributed by atoms with Gasteiger partial charge in [0.15, 0.2) is 0 Å². The van der Waals surface area contributed by atoms with Crippen LogP contribution >= 0.6 is 0 Å². The van der Waals surface area contributed by atoms with Crippen molar-refractivity contribution >= 4 is 75.8 Å². The van der Waals surface area contributed by atoms with Crippen LogP contribution in [0.4, 0.5) is 0 Å². The molecule has 1 heterocycles. The van der Waals surface area contributed by atoms with E-state index in [-0.39, 0.29) is 0 Å². The Morgan fingerprint density at radius 3 is 1.30 bits per heavy atom. The third-order valence-corrected chi connectivity index (χ3v) is 16.0. The van der Waals surface area contributed by atoms with Crippen molar-refractivity contribution in [2.75, 3.05) is 0 Å². The Kier molecular flexibility index (Phi) is 7.60. The highest BCUT2D eigenvalue weighted by atomic mass is 16.3. The highest BCUT2D eigenvalue weighted by Gasteiger charge is 2.53. The maximum absolute atomic E-state index is 6.30. The molecule has 0 amide bonds. The monoisotopic (exact) mass is 884 g/mol. The van der Waals surface area contributed by atoms with Crippen LogP contribution in [0.3, 0.4) is 0 Å². The van der Waals surface area contributed by atoms with Gasteiger partial charge < -0.3 is 4.42 Å². The summed E-state index contributed by atoms with van der Waals surface area (Å²) in [5, 5.41) is 14.9. The number of hydrogen-bond acceptors (Lipinski definition) is 1. The maximum atomic E-state index is 6.30. The van der Waals surface area contributed by atoms with E-state index in [4.69, 9.17) is 4.42 Å². The minimum atomic E-state index is -0.550. The van der Waals surface area contributed by atoms with Gasteiger partial charge >= 0.3 is 0 Å². The summed E-state index contributed by atoms with van der Waals surface area (Å²) in [5.41, 5.74) is 19.3. The second kappa shape index (κ2) is 14.0. The molecule has 0 fully saturated rings. The van der Waals surface area contributed by atoms with Crippen molar-refractivity contribution in [2.45, 2.75) is 5.41 Å². The molecule has 14 aromatic rings. The number of benzene rings is 13. The molecule has 1 spiro atoms. The zero-order chi connectivity index (χ0) is 45.7. The average Bonchev–Trinajstić information content (AvgIpc) is 4.06. The summed E-state index contributed by atoms with van der Waals surface area (Å²) in [7, 11) is 0.